The second-order valence-electron chi connectivity index (χ2n) is 3.71. The van der Waals surface area contributed by atoms with Gasteiger partial charge in [-0.05, 0) is 31.0 Å². The number of rotatable bonds is 3. The zero-order chi connectivity index (χ0) is 13.8. The van der Waals surface area contributed by atoms with Gasteiger partial charge in [-0.2, -0.15) is 13.2 Å². The van der Waals surface area contributed by atoms with E-state index in [1.807, 2.05) is 0 Å². The maximum Gasteiger partial charge on any atom is 0.416 e. The van der Waals surface area contributed by atoms with E-state index in [9.17, 15) is 22.7 Å². The molecule has 5 heteroatoms. The van der Waals surface area contributed by atoms with Gasteiger partial charge in [-0.1, -0.05) is 6.07 Å². The molecule has 1 N–H and O–H groups in total. The van der Waals surface area contributed by atoms with Crippen molar-refractivity contribution in [2.45, 2.75) is 32.0 Å². The van der Waals surface area contributed by atoms with Gasteiger partial charge in [0.1, 0.15) is 5.82 Å². The van der Waals surface area contributed by atoms with Crippen LogP contribution < -0.4 is 0 Å². The van der Waals surface area contributed by atoms with Crippen LogP contribution in [0.3, 0.4) is 0 Å². The number of hydrogen-bond acceptors (Lipinski definition) is 1. The van der Waals surface area contributed by atoms with Gasteiger partial charge in [0.2, 0.25) is 0 Å². The van der Waals surface area contributed by atoms with Crippen LogP contribution in [0.2, 0.25) is 0 Å². The number of aliphatic hydroxyl groups excluding tert-OH is 1. The summed E-state index contributed by atoms with van der Waals surface area (Å²) in [5.74, 6) is 4.26. The Bertz CT molecular complexity index is 468. The highest BCUT2D eigenvalue weighted by Gasteiger charge is 2.35. The number of aliphatic hydroxyl groups is 1. The van der Waals surface area contributed by atoms with Crippen molar-refractivity contribution in [3.8, 4) is 11.8 Å². The molecule has 0 saturated carbocycles. The van der Waals surface area contributed by atoms with Crippen molar-refractivity contribution in [2.24, 2.45) is 0 Å². The fourth-order valence-electron chi connectivity index (χ4n) is 1.55. The molecule has 1 aromatic carbocycles. The van der Waals surface area contributed by atoms with Crippen molar-refractivity contribution in [1.82, 2.24) is 0 Å². The van der Waals surface area contributed by atoms with Crippen LogP contribution in [0.15, 0.2) is 18.2 Å². The second-order valence-corrected chi connectivity index (χ2v) is 3.71. The molecule has 0 spiro atoms. The van der Waals surface area contributed by atoms with Gasteiger partial charge in [0.05, 0.1) is 11.7 Å². The van der Waals surface area contributed by atoms with Gasteiger partial charge in [0.15, 0.2) is 0 Å². The molecule has 0 aliphatic carbocycles. The third-order valence-electron chi connectivity index (χ3n) is 2.40. The van der Waals surface area contributed by atoms with E-state index in [0.717, 1.165) is 12.1 Å². The molecule has 0 aliphatic heterocycles. The van der Waals surface area contributed by atoms with E-state index in [2.05, 4.69) is 11.8 Å². The Balaban J connectivity index is 3.03. The van der Waals surface area contributed by atoms with Crippen molar-refractivity contribution in [2.75, 3.05) is 0 Å². The van der Waals surface area contributed by atoms with E-state index in [4.69, 9.17) is 0 Å². The van der Waals surface area contributed by atoms with Crippen molar-refractivity contribution >= 4 is 0 Å². The Labute approximate surface area is 102 Å². The summed E-state index contributed by atoms with van der Waals surface area (Å²) in [5, 5.41) is 9.69. The van der Waals surface area contributed by atoms with Crippen LogP contribution in [-0.2, 0) is 6.18 Å². The van der Waals surface area contributed by atoms with Crippen molar-refractivity contribution in [1.29, 1.82) is 0 Å². The summed E-state index contributed by atoms with van der Waals surface area (Å²) >= 11 is 0. The first kappa shape index (κ1) is 14.5. The van der Waals surface area contributed by atoms with Gasteiger partial charge in [0, 0.05) is 6.42 Å². The fourth-order valence-corrected chi connectivity index (χ4v) is 1.55. The smallest absolute Gasteiger partial charge is 0.388 e. The average Bonchev–Trinajstić information content (AvgIpc) is 2.28. The lowest BCUT2D eigenvalue weighted by atomic mass is 9.98. The molecule has 0 radical (unpaired) electrons. The van der Waals surface area contributed by atoms with Crippen LogP contribution in [0.5, 0.6) is 0 Å². The van der Waals surface area contributed by atoms with E-state index >= 15 is 0 Å². The van der Waals surface area contributed by atoms with Crippen LogP contribution in [0.4, 0.5) is 17.6 Å². The highest BCUT2D eigenvalue weighted by atomic mass is 19.4. The van der Waals surface area contributed by atoms with Gasteiger partial charge in [-0.25, -0.2) is 4.39 Å². The first-order chi connectivity index (χ1) is 8.36. The summed E-state index contributed by atoms with van der Waals surface area (Å²) in [6.45, 7) is 1.60. The number of halogens is 4. The molecule has 0 fully saturated rings. The summed E-state index contributed by atoms with van der Waals surface area (Å²) in [5.41, 5.74) is -1.46. The number of alkyl halides is 3. The monoisotopic (exact) mass is 260 g/mol. The number of benzene rings is 1. The van der Waals surface area contributed by atoms with Gasteiger partial charge < -0.3 is 5.11 Å². The third kappa shape index (κ3) is 3.74. The first-order valence-corrected chi connectivity index (χ1v) is 5.30. The van der Waals surface area contributed by atoms with Gasteiger partial charge in [-0.3, -0.25) is 0 Å². The Hall–Kier alpha value is -1.54. The predicted octanol–water partition coefficient (Wildman–Crippen LogP) is 3.68. The molecule has 0 saturated heterocycles. The van der Waals surface area contributed by atoms with E-state index in [-0.39, 0.29) is 18.4 Å². The van der Waals surface area contributed by atoms with E-state index < -0.39 is 23.7 Å². The largest absolute Gasteiger partial charge is 0.416 e. The van der Waals surface area contributed by atoms with E-state index in [1.54, 1.807) is 6.92 Å². The normalized spacial score (nSPS) is 12.8. The summed E-state index contributed by atoms with van der Waals surface area (Å²) in [7, 11) is 0. The molecule has 98 valence electrons. The van der Waals surface area contributed by atoms with Crippen LogP contribution in [-0.4, -0.2) is 5.11 Å². The first-order valence-electron chi connectivity index (χ1n) is 5.30. The lowest BCUT2D eigenvalue weighted by molar-refractivity contribution is -0.139. The third-order valence-corrected chi connectivity index (χ3v) is 2.40. The van der Waals surface area contributed by atoms with Crippen molar-refractivity contribution in [3.05, 3.63) is 35.1 Å². The minimum Gasteiger partial charge on any atom is -0.388 e. The molecule has 1 nitrogen and oxygen atoms in total. The molecule has 0 aromatic heterocycles. The summed E-state index contributed by atoms with van der Waals surface area (Å²) in [6.07, 6.45) is -5.63. The maximum atomic E-state index is 12.8. The molecule has 0 bridgehead atoms. The minimum atomic E-state index is -4.69. The molecule has 0 heterocycles. The van der Waals surface area contributed by atoms with E-state index in [1.165, 1.54) is 0 Å². The lowest BCUT2D eigenvalue weighted by Crippen LogP contribution is -2.12. The summed E-state index contributed by atoms with van der Waals surface area (Å²) < 4.78 is 50.9. The standard InChI is InChI=1S/C13H12F4O/c1-2-3-4-5-12(18)10-7-6-9(14)8-11(10)13(15,16)17/h6-8,12,18H,4-5H2,1H3. The number of hydrogen-bond donors (Lipinski definition) is 1. The highest BCUT2D eigenvalue weighted by Crippen LogP contribution is 2.36. The Morgan fingerprint density at radius 2 is 2.00 bits per heavy atom. The molecular formula is C13H12F4O. The SMILES string of the molecule is CC#CCCC(O)c1ccc(F)cc1C(F)(F)F. The predicted molar refractivity (Wildman–Crippen MR) is 59.0 cm³/mol. The molecule has 1 atom stereocenters. The van der Waals surface area contributed by atoms with Gasteiger partial charge in [-0.15, -0.1) is 11.8 Å². The fraction of sp³-hybridized carbons (Fsp3) is 0.385. The van der Waals surface area contributed by atoms with Crippen molar-refractivity contribution in [3.63, 3.8) is 0 Å². The van der Waals surface area contributed by atoms with Gasteiger partial charge >= 0.3 is 6.18 Å². The summed E-state index contributed by atoms with van der Waals surface area (Å²) in [4.78, 5) is 0. The van der Waals surface area contributed by atoms with Crippen LogP contribution in [0, 0.1) is 17.7 Å². The molecule has 1 rings (SSSR count). The average molecular weight is 260 g/mol. The summed E-state index contributed by atoms with van der Waals surface area (Å²) in [6, 6.07) is 2.26. The highest BCUT2D eigenvalue weighted by molar-refractivity contribution is 5.32. The topological polar surface area (TPSA) is 20.2 Å². The van der Waals surface area contributed by atoms with E-state index in [0.29, 0.717) is 6.07 Å². The van der Waals surface area contributed by atoms with Crippen LogP contribution >= 0.6 is 0 Å². The quantitative estimate of drug-likeness (QED) is 0.649. The Morgan fingerprint density at radius 3 is 2.56 bits per heavy atom. The minimum absolute atomic E-state index is 0.0789. The zero-order valence-electron chi connectivity index (χ0n) is 9.68. The van der Waals surface area contributed by atoms with Gasteiger partial charge in [0.25, 0.3) is 0 Å². The second kappa shape index (κ2) is 5.87. The molecular weight excluding hydrogens is 248 g/mol. The van der Waals surface area contributed by atoms with Crippen LogP contribution in [0.25, 0.3) is 0 Å². The Morgan fingerprint density at radius 1 is 1.33 bits per heavy atom. The van der Waals surface area contributed by atoms with Crippen molar-refractivity contribution < 1.29 is 22.7 Å². The molecule has 0 aliphatic rings. The molecule has 1 unspecified atom stereocenters. The molecule has 0 amide bonds. The maximum absolute atomic E-state index is 12.8. The van der Waals surface area contributed by atoms with Crippen LogP contribution in [0.1, 0.15) is 37.0 Å². The molecule has 1 aromatic rings. The Kier molecular flexibility index (Phi) is 4.74. The lowest BCUT2D eigenvalue weighted by Gasteiger charge is -2.16. The molecule has 18 heavy (non-hydrogen) atoms. The zero-order valence-corrected chi connectivity index (χ0v) is 9.68.